The van der Waals surface area contributed by atoms with Gasteiger partial charge in [0.1, 0.15) is 5.01 Å². The average Bonchev–Trinajstić information content (AvgIpc) is 2.78. The molecule has 2 rings (SSSR count). The summed E-state index contributed by atoms with van der Waals surface area (Å²) in [7, 11) is 0. The zero-order chi connectivity index (χ0) is 12.4. The van der Waals surface area contributed by atoms with E-state index in [4.69, 9.17) is 0 Å². The van der Waals surface area contributed by atoms with Gasteiger partial charge in [-0.15, -0.1) is 10.2 Å². The van der Waals surface area contributed by atoms with Crippen LogP contribution in [0.4, 0.5) is 5.69 Å². The van der Waals surface area contributed by atoms with E-state index in [0.29, 0.717) is 10.6 Å². The highest BCUT2D eigenvalue weighted by molar-refractivity contribution is 7.14. The van der Waals surface area contributed by atoms with Gasteiger partial charge in [-0.05, 0) is 6.07 Å². The number of benzene rings is 1. The third-order valence-corrected chi connectivity index (χ3v) is 3.52. The van der Waals surface area contributed by atoms with Gasteiger partial charge in [0, 0.05) is 12.0 Å². The largest absolute Gasteiger partial charge is 0.279 e. The summed E-state index contributed by atoms with van der Waals surface area (Å²) >= 11 is 1.40. The molecule has 2 aromatic rings. The molecule has 0 fully saturated rings. The summed E-state index contributed by atoms with van der Waals surface area (Å²) in [5.41, 5.74) is 0.598. The molecule has 0 N–H and O–H groups in total. The molecule has 0 radical (unpaired) electrons. The summed E-state index contributed by atoms with van der Waals surface area (Å²) in [6, 6.07) is 6.58. The van der Waals surface area contributed by atoms with Crippen LogP contribution < -0.4 is 0 Å². The summed E-state index contributed by atoms with van der Waals surface area (Å²) < 4.78 is 0. The zero-order valence-corrected chi connectivity index (χ0v) is 10.3. The van der Waals surface area contributed by atoms with Gasteiger partial charge in [0.25, 0.3) is 5.69 Å². The highest BCUT2D eigenvalue weighted by Gasteiger charge is 2.18. The third kappa shape index (κ3) is 2.31. The first kappa shape index (κ1) is 11.7. The molecule has 0 saturated heterocycles. The SMILES string of the molecule is CC(C)c1nnc(-c2ccccc2[N+](=O)[O-])s1. The summed E-state index contributed by atoms with van der Waals surface area (Å²) in [6.45, 7) is 4.04. The van der Waals surface area contributed by atoms with E-state index >= 15 is 0 Å². The van der Waals surface area contributed by atoms with Gasteiger partial charge >= 0.3 is 0 Å². The monoisotopic (exact) mass is 249 g/mol. The van der Waals surface area contributed by atoms with Crippen molar-refractivity contribution in [2.75, 3.05) is 0 Å². The Morgan fingerprint density at radius 2 is 2.00 bits per heavy atom. The lowest BCUT2D eigenvalue weighted by Gasteiger charge is -1.97. The Bertz CT molecular complexity index is 551. The normalized spacial score (nSPS) is 10.8. The van der Waals surface area contributed by atoms with Crippen molar-refractivity contribution in [3.05, 3.63) is 39.4 Å². The highest BCUT2D eigenvalue weighted by atomic mass is 32.1. The Morgan fingerprint density at radius 3 is 2.59 bits per heavy atom. The molecule has 6 heteroatoms. The first-order valence-corrected chi connectivity index (χ1v) is 5.98. The predicted octanol–water partition coefficient (Wildman–Crippen LogP) is 3.24. The fraction of sp³-hybridized carbons (Fsp3) is 0.273. The maximum absolute atomic E-state index is 10.9. The molecule has 17 heavy (non-hydrogen) atoms. The third-order valence-electron chi connectivity index (χ3n) is 2.27. The van der Waals surface area contributed by atoms with Gasteiger partial charge in [-0.3, -0.25) is 10.1 Å². The van der Waals surface area contributed by atoms with Gasteiger partial charge in [0.05, 0.1) is 10.5 Å². The first-order valence-electron chi connectivity index (χ1n) is 5.16. The molecule has 1 aromatic heterocycles. The zero-order valence-electron chi connectivity index (χ0n) is 9.45. The van der Waals surface area contributed by atoms with Crippen molar-refractivity contribution in [3.63, 3.8) is 0 Å². The average molecular weight is 249 g/mol. The van der Waals surface area contributed by atoms with Crippen molar-refractivity contribution in [2.45, 2.75) is 19.8 Å². The van der Waals surface area contributed by atoms with Crippen molar-refractivity contribution < 1.29 is 4.92 Å². The number of nitro groups is 1. The Labute approximate surface area is 102 Å². The number of para-hydroxylation sites is 1. The van der Waals surface area contributed by atoms with Gasteiger partial charge in [0.2, 0.25) is 0 Å². The fourth-order valence-electron chi connectivity index (χ4n) is 1.39. The van der Waals surface area contributed by atoms with E-state index in [1.165, 1.54) is 17.4 Å². The van der Waals surface area contributed by atoms with Crippen molar-refractivity contribution in [2.24, 2.45) is 0 Å². The van der Waals surface area contributed by atoms with E-state index in [-0.39, 0.29) is 11.6 Å². The Kier molecular flexibility index (Phi) is 3.14. The van der Waals surface area contributed by atoms with Crippen molar-refractivity contribution >= 4 is 17.0 Å². The Hall–Kier alpha value is -1.82. The second-order valence-electron chi connectivity index (χ2n) is 3.87. The standard InChI is InChI=1S/C11H11N3O2S/c1-7(2)10-12-13-11(17-10)8-5-3-4-6-9(8)14(15)16/h3-7H,1-2H3. The topological polar surface area (TPSA) is 68.9 Å². The number of hydrogen-bond acceptors (Lipinski definition) is 5. The lowest BCUT2D eigenvalue weighted by molar-refractivity contribution is -0.384. The van der Waals surface area contributed by atoms with Crippen molar-refractivity contribution in [1.29, 1.82) is 0 Å². The van der Waals surface area contributed by atoms with Gasteiger partial charge in [0.15, 0.2) is 5.01 Å². The lowest BCUT2D eigenvalue weighted by atomic mass is 10.2. The second kappa shape index (κ2) is 4.58. The van der Waals surface area contributed by atoms with Crippen molar-refractivity contribution in [3.8, 4) is 10.6 Å². The van der Waals surface area contributed by atoms with Crippen LogP contribution in [0.5, 0.6) is 0 Å². The molecule has 0 saturated carbocycles. The number of rotatable bonds is 3. The minimum atomic E-state index is -0.397. The number of aromatic nitrogens is 2. The predicted molar refractivity (Wildman–Crippen MR) is 66.1 cm³/mol. The van der Waals surface area contributed by atoms with Crippen LogP contribution in [0.3, 0.4) is 0 Å². The molecule has 5 nitrogen and oxygen atoms in total. The van der Waals surface area contributed by atoms with E-state index in [0.717, 1.165) is 5.01 Å². The molecule has 0 bridgehead atoms. The molecule has 0 spiro atoms. The quantitative estimate of drug-likeness (QED) is 0.618. The van der Waals surface area contributed by atoms with Crippen LogP contribution >= 0.6 is 11.3 Å². The van der Waals surface area contributed by atoms with E-state index in [2.05, 4.69) is 10.2 Å². The smallest absolute Gasteiger partial charge is 0.258 e. The van der Waals surface area contributed by atoms with Crippen LogP contribution in [-0.4, -0.2) is 15.1 Å². The molecule has 1 aromatic carbocycles. The molecule has 0 atom stereocenters. The van der Waals surface area contributed by atoms with Gasteiger partial charge in [-0.1, -0.05) is 37.3 Å². The molecular weight excluding hydrogens is 238 g/mol. The van der Waals surface area contributed by atoms with Crippen LogP contribution in [0.15, 0.2) is 24.3 Å². The molecule has 0 unspecified atom stereocenters. The summed E-state index contributed by atoms with van der Waals surface area (Å²) in [5.74, 6) is 0.281. The van der Waals surface area contributed by atoms with Gasteiger partial charge in [-0.25, -0.2) is 0 Å². The maximum Gasteiger partial charge on any atom is 0.279 e. The molecule has 0 aliphatic heterocycles. The molecule has 1 heterocycles. The Morgan fingerprint density at radius 1 is 1.29 bits per heavy atom. The molecular formula is C11H11N3O2S. The first-order chi connectivity index (χ1) is 8.09. The summed E-state index contributed by atoms with van der Waals surface area (Å²) in [6.07, 6.45) is 0. The highest BCUT2D eigenvalue weighted by Crippen LogP contribution is 2.33. The van der Waals surface area contributed by atoms with Crippen molar-refractivity contribution in [1.82, 2.24) is 10.2 Å². The van der Waals surface area contributed by atoms with Crippen LogP contribution in [0.25, 0.3) is 10.6 Å². The van der Waals surface area contributed by atoms with Gasteiger partial charge < -0.3 is 0 Å². The van der Waals surface area contributed by atoms with E-state index < -0.39 is 4.92 Å². The lowest BCUT2D eigenvalue weighted by Crippen LogP contribution is -1.90. The minimum absolute atomic E-state index is 0.0685. The number of hydrogen-bond donors (Lipinski definition) is 0. The summed E-state index contributed by atoms with van der Waals surface area (Å²) in [5, 5.41) is 20.4. The maximum atomic E-state index is 10.9. The molecule has 0 aliphatic rings. The van der Waals surface area contributed by atoms with Crippen LogP contribution in [0.2, 0.25) is 0 Å². The van der Waals surface area contributed by atoms with E-state index in [9.17, 15) is 10.1 Å². The van der Waals surface area contributed by atoms with Crippen LogP contribution in [-0.2, 0) is 0 Å². The van der Waals surface area contributed by atoms with E-state index in [1.54, 1.807) is 18.2 Å². The van der Waals surface area contributed by atoms with E-state index in [1.807, 2.05) is 13.8 Å². The number of nitrogens with zero attached hydrogens (tertiary/aromatic N) is 3. The Balaban J connectivity index is 2.49. The number of nitro benzene ring substituents is 1. The van der Waals surface area contributed by atoms with Gasteiger partial charge in [-0.2, -0.15) is 0 Å². The molecule has 88 valence electrons. The minimum Gasteiger partial charge on any atom is -0.258 e. The molecule has 0 aliphatic carbocycles. The van der Waals surface area contributed by atoms with Crippen LogP contribution in [0.1, 0.15) is 24.8 Å². The van der Waals surface area contributed by atoms with Crippen LogP contribution in [0, 0.1) is 10.1 Å². The second-order valence-corrected chi connectivity index (χ2v) is 4.88. The molecule has 0 amide bonds. The summed E-state index contributed by atoms with van der Waals surface area (Å²) in [4.78, 5) is 10.5. The fourth-order valence-corrected chi connectivity index (χ4v) is 2.27.